The molecule has 0 amide bonds. The number of halogens is 1. The van der Waals surface area contributed by atoms with E-state index in [0.717, 1.165) is 12.1 Å². The smallest absolute Gasteiger partial charge is 0.294 e. The Balaban J connectivity index is 2.28. The standard InChI is InChI=1S/C17H14BrNO5S/c1-8(2)19-13-6-5-12(18)14-15(13)16(20)10-4-3-9(25(22,23)24)7-11(10)17(14)21/h3-8,19H,1-2H3,(H,22,23,24). The second kappa shape index (κ2) is 6.05. The number of benzene rings is 2. The van der Waals surface area contributed by atoms with E-state index in [1.54, 1.807) is 12.1 Å². The fourth-order valence-corrected chi connectivity index (χ4v) is 3.82. The van der Waals surface area contributed by atoms with Gasteiger partial charge in [0, 0.05) is 32.9 Å². The Morgan fingerprint density at radius 3 is 2.24 bits per heavy atom. The summed E-state index contributed by atoms with van der Waals surface area (Å²) in [5.41, 5.74) is 1.02. The lowest BCUT2D eigenvalue weighted by Crippen LogP contribution is -2.24. The summed E-state index contributed by atoms with van der Waals surface area (Å²) >= 11 is 3.29. The molecule has 1 aliphatic carbocycles. The van der Waals surface area contributed by atoms with Gasteiger partial charge in [-0.05, 0) is 44.2 Å². The van der Waals surface area contributed by atoms with Gasteiger partial charge >= 0.3 is 0 Å². The first kappa shape index (κ1) is 17.8. The van der Waals surface area contributed by atoms with Crippen LogP contribution in [0.15, 0.2) is 39.7 Å². The molecule has 0 bridgehead atoms. The SMILES string of the molecule is CC(C)Nc1ccc(Br)c2c1C(=O)c1ccc(S(=O)(=O)O)cc1C2=O. The Morgan fingerprint density at radius 2 is 1.64 bits per heavy atom. The van der Waals surface area contributed by atoms with Crippen LogP contribution in [0.4, 0.5) is 5.69 Å². The zero-order chi connectivity index (χ0) is 18.5. The van der Waals surface area contributed by atoms with Crippen LogP contribution in [0.5, 0.6) is 0 Å². The molecule has 6 nitrogen and oxygen atoms in total. The number of anilines is 1. The number of nitrogens with one attached hydrogen (secondary N) is 1. The topological polar surface area (TPSA) is 101 Å². The fourth-order valence-electron chi connectivity index (χ4n) is 2.81. The minimum Gasteiger partial charge on any atom is -0.382 e. The number of carbonyl (C=O) groups excluding carboxylic acids is 2. The second-order valence-corrected chi connectivity index (χ2v) is 8.26. The van der Waals surface area contributed by atoms with Crippen molar-refractivity contribution in [2.75, 3.05) is 5.32 Å². The molecule has 130 valence electrons. The molecule has 2 aromatic carbocycles. The van der Waals surface area contributed by atoms with Crippen LogP contribution in [0.1, 0.15) is 45.7 Å². The first-order valence-corrected chi connectivity index (χ1v) is 9.64. The molecular formula is C17H14BrNO5S. The predicted molar refractivity (Wildman–Crippen MR) is 96.0 cm³/mol. The van der Waals surface area contributed by atoms with Gasteiger partial charge in [-0.25, -0.2) is 0 Å². The van der Waals surface area contributed by atoms with Crippen molar-refractivity contribution < 1.29 is 22.6 Å². The van der Waals surface area contributed by atoms with Crippen LogP contribution in [0.3, 0.4) is 0 Å². The maximum Gasteiger partial charge on any atom is 0.294 e. The van der Waals surface area contributed by atoms with Crippen molar-refractivity contribution in [3.63, 3.8) is 0 Å². The van der Waals surface area contributed by atoms with Gasteiger partial charge in [0.25, 0.3) is 10.1 Å². The molecule has 2 N–H and O–H groups in total. The molecule has 0 spiro atoms. The van der Waals surface area contributed by atoms with E-state index < -0.39 is 20.8 Å². The van der Waals surface area contributed by atoms with Crippen molar-refractivity contribution in [2.45, 2.75) is 24.8 Å². The molecule has 3 rings (SSSR count). The van der Waals surface area contributed by atoms with Gasteiger partial charge in [-0.2, -0.15) is 8.42 Å². The largest absolute Gasteiger partial charge is 0.382 e. The highest BCUT2D eigenvalue weighted by Gasteiger charge is 2.34. The van der Waals surface area contributed by atoms with Gasteiger partial charge in [-0.15, -0.1) is 0 Å². The van der Waals surface area contributed by atoms with Crippen LogP contribution in [0.2, 0.25) is 0 Å². The molecular weight excluding hydrogens is 410 g/mol. The highest BCUT2D eigenvalue weighted by atomic mass is 79.9. The van der Waals surface area contributed by atoms with Crippen LogP contribution in [-0.4, -0.2) is 30.6 Å². The zero-order valence-corrected chi connectivity index (χ0v) is 15.7. The maximum atomic E-state index is 12.9. The molecule has 0 heterocycles. The van der Waals surface area contributed by atoms with Gasteiger partial charge in [0.1, 0.15) is 0 Å². The van der Waals surface area contributed by atoms with Gasteiger partial charge in [0.2, 0.25) is 0 Å². The van der Waals surface area contributed by atoms with Crippen molar-refractivity contribution in [3.05, 3.63) is 57.1 Å². The number of rotatable bonds is 3. The zero-order valence-electron chi connectivity index (χ0n) is 13.3. The molecule has 0 fully saturated rings. The quantitative estimate of drug-likeness (QED) is 0.626. The molecule has 0 radical (unpaired) electrons. The third-order valence-corrected chi connectivity index (χ3v) is 5.34. The van der Waals surface area contributed by atoms with Gasteiger partial charge in [0.15, 0.2) is 11.6 Å². The van der Waals surface area contributed by atoms with E-state index in [1.807, 2.05) is 13.8 Å². The Kier molecular flexibility index (Phi) is 4.30. The number of ketones is 2. The highest BCUT2D eigenvalue weighted by Crippen LogP contribution is 2.37. The van der Waals surface area contributed by atoms with Gasteiger partial charge in [-0.1, -0.05) is 15.9 Å². The fraction of sp³-hybridized carbons (Fsp3) is 0.176. The van der Waals surface area contributed by atoms with E-state index in [9.17, 15) is 22.6 Å². The van der Waals surface area contributed by atoms with Gasteiger partial charge in [-0.3, -0.25) is 14.1 Å². The Hall–Kier alpha value is -2.03. The summed E-state index contributed by atoms with van der Waals surface area (Å²) in [5.74, 6) is -0.856. The minimum absolute atomic E-state index is 0.0463. The maximum absolute atomic E-state index is 12.9. The average Bonchev–Trinajstić information content (AvgIpc) is 2.52. The molecule has 2 aromatic rings. The molecule has 0 unspecified atom stereocenters. The van der Waals surface area contributed by atoms with Crippen molar-refractivity contribution in [1.82, 2.24) is 0 Å². The van der Waals surface area contributed by atoms with E-state index in [-0.39, 0.29) is 34.1 Å². The van der Waals surface area contributed by atoms with Crippen LogP contribution in [0.25, 0.3) is 0 Å². The van der Waals surface area contributed by atoms with Crippen LogP contribution in [-0.2, 0) is 10.1 Å². The van der Waals surface area contributed by atoms with Crippen LogP contribution < -0.4 is 5.32 Å². The van der Waals surface area contributed by atoms with Gasteiger partial charge in [0.05, 0.1) is 10.5 Å². The summed E-state index contributed by atoms with van der Waals surface area (Å²) in [5, 5.41) is 3.15. The molecule has 8 heteroatoms. The molecule has 0 aliphatic heterocycles. The number of hydrogen-bond acceptors (Lipinski definition) is 5. The first-order valence-electron chi connectivity index (χ1n) is 7.41. The third-order valence-electron chi connectivity index (χ3n) is 3.83. The summed E-state index contributed by atoms with van der Waals surface area (Å²) in [6.45, 7) is 3.83. The van der Waals surface area contributed by atoms with E-state index in [0.29, 0.717) is 10.2 Å². The normalized spacial score (nSPS) is 13.6. The lowest BCUT2D eigenvalue weighted by molar-refractivity contribution is 0.0978. The van der Waals surface area contributed by atoms with Crippen LogP contribution in [0, 0.1) is 0 Å². The number of fused-ring (bicyclic) bond motifs is 2. The van der Waals surface area contributed by atoms with Crippen molar-refractivity contribution in [3.8, 4) is 0 Å². The molecule has 0 saturated carbocycles. The van der Waals surface area contributed by atoms with E-state index in [1.165, 1.54) is 6.07 Å². The lowest BCUT2D eigenvalue weighted by Gasteiger charge is -2.23. The highest BCUT2D eigenvalue weighted by molar-refractivity contribution is 9.10. The van der Waals surface area contributed by atoms with Crippen LogP contribution >= 0.6 is 15.9 Å². The molecule has 0 saturated heterocycles. The van der Waals surface area contributed by atoms with E-state index in [2.05, 4.69) is 21.2 Å². The summed E-state index contributed by atoms with van der Waals surface area (Å²) < 4.78 is 32.3. The number of hydrogen-bond donors (Lipinski definition) is 2. The van der Waals surface area contributed by atoms with Crippen molar-refractivity contribution >= 4 is 43.3 Å². The first-order chi connectivity index (χ1) is 11.6. The average molecular weight is 424 g/mol. The second-order valence-electron chi connectivity index (χ2n) is 5.98. The lowest BCUT2D eigenvalue weighted by atomic mass is 9.83. The van der Waals surface area contributed by atoms with Crippen molar-refractivity contribution in [1.29, 1.82) is 0 Å². The Bertz CT molecular complexity index is 1030. The molecule has 0 aromatic heterocycles. The van der Waals surface area contributed by atoms with Gasteiger partial charge < -0.3 is 5.32 Å². The van der Waals surface area contributed by atoms with E-state index >= 15 is 0 Å². The minimum atomic E-state index is -4.48. The predicted octanol–water partition coefficient (Wildman–Crippen LogP) is 3.29. The van der Waals surface area contributed by atoms with Crippen molar-refractivity contribution in [2.24, 2.45) is 0 Å². The Labute approximate surface area is 153 Å². The summed E-state index contributed by atoms with van der Waals surface area (Å²) in [6.07, 6.45) is 0. The molecule has 0 atom stereocenters. The monoisotopic (exact) mass is 423 g/mol. The molecule has 1 aliphatic rings. The summed E-state index contributed by atoms with van der Waals surface area (Å²) in [6, 6.07) is 6.82. The Morgan fingerprint density at radius 1 is 1.00 bits per heavy atom. The number of carbonyl (C=O) groups is 2. The third kappa shape index (κ3) is 3.01. The summed E-state index contributed by atoms with van der Waals surface area (Å²) in [4.78, 5) is 25.4. The summed E-state index contributed by atoms with van der Waals surface area (Å²) in [7, 11) is -4.48. The molecule has 25 heavy (non-hydrogen) atoms. The van der Waals surface area contributed by atoms with E-state index in [4.69, 9.17) is 0 Å².